The first kappa shape index (κ1) is 18.6. The van der Waals surface area contributed by atoms with Gasteiger partial charge in [0.2, 0.25) is 0 Å². The first-order valence-corrected chi connectivity index (χ1v) is 9.97. The van der Waals surface area contributed by atoms with Gasteiger partial charge in [-0.15, -0.1) is 0 Å². The smallest absolute Gasteiger partial charge is 0.123 e. The molecule has 144 valence electrons. The summed E-state index contributed by atoms with van der Waals surface area (Å²) < 4.78 is 26.2. The molecule has 1 aliphatic carbocycles. The first-order chi connectivity index (χ1) is 13.0. The van der Waals surface area contributed by atoms with Gasteiger partial charge in [0.15, 0.2) is 0 Å². The topological polar surface area (TPSA) is 23.5 Å². The minimum Gasteiger partial charge on any atom is -0.385 e. The molecule has 1 saturated heterocycles. The average Bonchev–Trinajstić information content (AvgIpc) is 2.68. The normalized spacial score (nSPS) is 28.7. The summed E-state index contributed by atoms with van der Waals surface area (Å²) in [4.78, 5) is 2.51. The Kier molecular flexibility index (Phi) is 5.29. The molecule has 2 fully saturated rings. The molecule has 4 heteroatoms. The largest absolute Gasteiger partial charge is 0.385 e. The molecule has 27 heavy (non-hydrogen) atoms. The van der Waals surface area contributed by atoms with E-state index in [1.54, 1.807) is 12.1 Å². The van der Waals surface area contributed by atoms with E-state index >= 15 is 0 Å². The number of halogens is 2. The number of aliphatic hydroxyl groups is 1. The first-order valence-electron chi connectivity index (χ1n) is 9.97. The van der Waals surface area contributed by atoms with E-state index in [1.165, 1.54) is 29.8 Å². The van der Waals surface area contributed by atoms with Crippen molar-refractivity contribution >= 4 is 0 Å². The fourth-order valence-corrected chi connectivity index (χ4v) is 4.88. The lowest BCUT2D eigenvalue weighted by molar-refractivity contribution is -0.0606. The predicted molar refractivity (Wildman–Crippen MR) is 102 cm³/mol. The number of nitrogens with zero attached hydrogens (tertiary/aromatic N) is 1. The molecule has 1 heterocycles. The van der Waals surface area contributed by atoms with Crippen LogP contribution in [0.4, 0.5) is 8.78 Å². The number of piperidine rings is 1. The lowest BCUT2D eigenvalue weighted by atomic mass is 9.66. The van der Waals surface area contributed by atoms with Crippen molar-refractivity contribution in [3.8, 4) is 0 Å². The Morgan fingerprint density at radius 1 is 0.926 bits per heavy atom. The highest BCUT2D eigenvalue weighted by Crippen LogP contribution is 2.45. The summed E-state index contributed by atoms with van der Waals surface area (Å²) in [5.74, 6) is 0.699. The standard InChI is InChI=1S/C23H27F2NO/c24-21-5-1-17(2-6-21)10-13-26-14-11-18-15-23(27,12-9-19(18)16-26)20-3-7-22(25)8-4-20/h1-8,18-19,27H,9-16H2/t18-,19-,23?/m1/s1. The fourth-order valence-electron chi connectivity index (χ4n) is 4.88. The van der Waals surface area contributed by atoms with Crippen LogP contribution in [0.3, 0.4) is 0 Å². The minimum atomic E-state index is -0.814. The van der Waals surface area contributed by atoms with Crippen LogP contribution in [0.5, 0.6) is 0 Å². The van der Waals surface area contributed by atoms with Crippen molar-refractivity contribution in [3.05, 3.63) is 71.3 Å². The Bertz CT molecular complexity index is 761. The van der Waals surface area contributed by atoms with Gasteiger partial charge in [-0.05, 0) is 85.9 Å². The van der Waals surface area contributed by atoms with Crippen LogP contribution in [0.1, 0.15) is 36.8 Å². The molecule has 1 N–H and O–H groups in total. The molecule has 1 unspecified atom stereocenters. The van der Waals surface area contributed by atoms with E-state index in [0.29, 0.717) is 11.8 Å². The molecule has 0 bridgehead atoms. The second kappa shape index (κ2) is 7.69. The Labute approximate surface area is 159 Å². The van der Waals surface area contributed by atoms with Crippen LogP contribution in [-0.4, -0.2) is 29.6 Å². The molecule has 0 spiro atoms. The van der Waals surface area contributed by atoms with Crippen LogP contribution >= 0.6 is 0 Å². The quantitative estimate of drug-likeness (QED) is 0.854. The zero-order chi connectivity index (χ0) is 18.9. The van der Waals surface area contributed by atoms with Gasteiger partial charge in [-0.2, -0.15) is 0 Å². The van der Waals surface area contributed by atoms with Crippen LogP contribution in [0.25, 0.3) is 0 Å². The lowest BCUT2D eigenvalue weighted by Gasteiger charge is -2.47. The average molecular weight is 371 g/mol. The van der Waals surface area contributed by atoms with Crippen LogP contribution in [-0.2, 0) is 12.0 Å². The summed E-state index contributed by atoms with van der Waals surface area (Å²) in [6.07, 6.45) is 4.56. The van der Waals surface area contributed by atoms with E-state index < -0.39 is 5.60 Å². The third-order valence-corrected chi connectivity index (χ3v) is 6.52. The molecule has 2 nitrogen and oxygen atoms in total. The van der Waals surface area contributed by atoms with E-state index in [-0.39, 0.29) is 11.6 Å². The number of hydrogen-bond acceptors (Lipinski definition) is 2. The Hall–Kier alpha value is -1.78. The number of fused-ring (bicyclic) bond motifs is 1. The molecular formula is C23H27F2NO. The number of likely N-dealkylation sites (tertiary alicyclic amines) is 1. The zero-order valence-corrected chi connectivity index (χ0v) is 15.6. The Morgan fingerprint density at radius 2 is 1.59 bits per heavy atom. The van der Waals surface area contributed by atoms with Gasteiger partial charge in [0, 0.05) is 13.1 Å². The maximum atomic E-state index is 13.2. The molecule has 1 aliphatic heterocycles. The van der Waals surface area contributed by atoms with Crippen LogP contribution in [0.15, 0.2) is 48.5 Å². The molecule has 2 aromatic carbocycles. The number of hydrogen-bond donors (Lipinski definition) is 1. The van der Waals surface area contributed by atoms with Crippen LogP contribution in [0.2, 0.25) is 0 Å². The van der Waals surface area contributed by atoms with Crippen LogP contribution < -0.4 is 0 Å². The molecule has 0 radical (unpaired) electrons. The molecule has 0 aromatic heterocycles. The van der Waals surface area contributed by atoms with Gasteiger partial charge < -0.3 is 10.0 Å². The molecule has 0 amide bonds. The van der Waals surface area contributed by atoms with Gasteiger partial charge in [-0.1, -0.05) is 24.3 Å². The molecule has 4 rings (SSSR count). The van der Waals surface area contributed by atoms with E-state index in [0.717, 1.165) is 57.3 Å². The second-order valence-electron chi connectivity index (χ2n) is 8.27. The van der Waals surface area contributed by atoms with Gasteiger partial charge in [0.1, 0.15) is 11.6 Å². The van der Waals surface area contributed by atoms with Gasteiger partial charge >= 0.3 is 0 Å². The summed E-state index contributed by atoms with van der Waals surface area (Å²) in [6.45, 7) is 3.12. The maximum Gasteiger partial charge on any atom is 0.123 e. The highest BCUT2D eigenvalue weighted by Gasteiger charge is 2.42. The molecular weight excluding hydrogens is 344 g/mol. The van der Waals surface area contributed by atoms with Crippen LogP contribution in [0, 0.1) is 23.5 Å². The van der Waals surface area contributed by atoms with Crippen molar-refractivity contribution in [2.24, 2.45) is 11.8 Å². The molecule has 1 saturated carbocycles. The maximum absolute atomic E-state index is 13.2. The highest BCUT2D eigenvalue weighted by molar-refractivity contribution is 5.24. The van der Waals surface area contributed by atoms with E-state index in [2.05, 4.69) is 4.90 Å². The fraction of sp³-hybridized carbons (Fsp3) is 0.478. The van der Waals surface area contributed by atoms with Gasteiger partial charge in [-0.25, -0.2) is 8.78 Å². The summed E-state index contributed by atoms with van der Waals surface area (Å²) in [5, 5.41) is 11.1. The van der Waals surface area contributed by atoms with E-state index in [4.69, 9.17) is 0 Å². The van der Waals surface area contributed by atoms with Gasteiger partial charge in [0.25, 0.3) is 0 Å². The third kappa shape index (κ3) is 4.22. The minimum absolute atomic E-state index is 0.185. The predicted octanol–water partition coefficient (Wildman–Crippen LogP) is 4.52. The van der Waals surface area contributed by atoms with Crippen molar-refractivity contribution in [2.45, 2.75) is 37.7 Å². The molecule has 3 atom stereocenters. The zero-order valence-electron chi connectivity index (χ0n) is 15.6. The molecule has 2 aliphatic rings. The molecule has 2 aromatic rings. The van der Waals surface area contributed by atoms with Gasteiger partial charge in [0.05, 0.1) is 5.60 Å². The Morgan fingerprint density at radius 3 is 2.30 bits per heavy atom. The number of rotatable bonds is 4. The van der Waals surface area contributed by atoms with Gasteiger partial charge in [-0.3, -0.25) is 0 Å². The van der Waals surface area contributed by atoms with Crippen molar-refractivity contribution in [1.82, 2.24) is 4.90 Å². The SMILES string of the molecule is OC1(c2ccc(F)cc2)CC[C@@H]2CN(CCc3ccc(F)cc3)CC[C@@H]2C1. The van der Waals surface area contributed by atoms with Crippen molar-refractivity contribution < 1.29 is 13.9 Å². The van der Waals surface area contributed by atoms with E-state index in [1.807, 2.05) is 12.1 Å². The highest BCUT2D eigenvalue weighted by atomic mass is 19.1. The Balaban J connectivity index is 1.33. The summed E-state index contributed by atoms with van der Waals surface area (Å²) in [5.41, 5.74) is 1.21. The van der Waals surface area contributed by atoms with E-state index in [9.17, 15) is 13.9 Å². The second-order valence-corrected chi connectivity index (χ2v) is 8.27. The van der Waals surface area contributed by atoms with Crippen molar-refractivity contribution in [1.29, 1.82) is 0 Å². The van der Waals surface area contributed by atoms with Crippen molar-refractivity contribution in [3.63, 3.8) is 0 Å². The number of benzene rings is 2. The summed E-state index contributed by atoms with van der Waals surface area (Å²) >= 11 is 0. The summed E-state index contributed by atoms with van der Waals surface area (Å²) in [6, 6.07) is 13.1. The van der Waals surface area contributed by atoms with Crippen molar-refractivity contribution in [2.75, 3.05) is 19.6 Å². The summed E-state index contributed by atoms with van der Waals surface area (Å²) in [7, 11) is 0. The monoisotopic (exact) mass is 371 g/mol. The third-order valence-electron chi connectivity index (χ3n) is 6.52. The lowest BCUT2D eigenvalue weighted by Crippen LogP contribution is -2.47.